The third-order valence-corrected chi connectivity index (χ3v) is 7.14. The van der Waals surface area contributed by atoms with E-state index < -0.39 is 12.6 Å². The highest BCUT2D eigenvalue weighted by atomic mass is 32.1. The molecule has 3 heterocycles. The van der Waals surface area contributed by atoms with Gasteiger partial charge >= 0.3 is 6.18 Å². The van der Waals surface area contributed by atoms with Crippen molar-refractivity contribution in [1.82, 2.24) is 9.88 Å². The minimum Gasteiger partial charge on any atom is -0.378 e. The van der Waals surface area contributed by atoms with Gasteiger partial charge in [-0.2, -0.15) is 13.2 Å². The van der Waals surface area contributed by atoms with E-state index in [0.29, 0.717) is 25.5 Å². The number of hydrogen-bond donors (Lipinski definition) is 1. The Morgan fingerprint density at radius 3 is 2.61 bits per heavy atom. The number of alkyl halides is 3. The zero-order valence-corrected chi connectivity index (χ0v) is 19.3. The minimum atomic E-state index is -4.08. The zero-order chi connectivity index (χ0) is 23.3. The van der Waals surface area contributed by atoms with Gasteiger partial charge in [0.1, 0.15) is 5.69 Å². The predicted molar refractivity (Wildman–Crippen MR) is 123 cm³/mol. The van der Waals surface area contributed by atoms with Gasteiger partial charge in [0.2, 0.25) is 0 Å². The molecule has 1 N–H and O–H groups in total. The number of carbonyl (C=O) groups excluding carboxylic acids is 1. The Morgan fingerprint density at radius 1 is 1.15 bits per heavy atom. The molecule has 2 saturated heterocycles. The number of amides is 1. The van der Waals surface area contributed by atoms with E-state index in [9.17, 15) is 18.0 Å². The van der Waals surface area contributed by atoms with Crippen molar-refractivity contribution in [3.8, 4) is 0 Å². The van der Waals surface area contributed by atoms with Crippen LogP contribution in [0.5, 0.6) is 0 Å². The molecule has 4 rings (SSSR count). The van der Waals surface area contributed by atoms with Crippen molar-refractivity contribution in [2.75, 3.05) is 56.2 Å². The summed E-state index contributed by atoms with van der Waals surface area (Å²) in [6.45, 7) is 4.89. The second-order valence-corrected chi connectivity index (χ2v) is 9.37. The topological polar surface area (TPSA) is 57.7 Å². The first kappa shape index (κ1) is 24.0. The highest BCUT2D eigenvalue weighted by molar-refractivity contribution is 7.10. The lowest BCUT2D eigenvalue weighted by atomic mass is 9.97. The maximum atomic E-state index is 12.9. The third kappa shape index (κ3) is 6.68. The fraction of sp³-hybridized carbons (Fsp3) is 0.565. The molecule has 2 aliphatic heterocycles. The van der Waals surface area contributed by atoms with Crippen molar-refractivity contribution in [2.45, 2.75) is 37.8 Å². The lowest BCUT2D eigenvalue weighted by Gasteiger charge is -2.31. The highest BCUT2D eigenvalue weighted by Crippen LogP contribution is 2.32. The number of halogens is 3. The zero-order valence-electron chi connectivity index (χ0n) is 18.4. The van der Waals surface area contributed by atoms with E-state index in [-0.39, 0.29) is 18.2 Å². The molecule has 0 radical (unpaired) electrons. The summed E-state index contributed by atoms with van der Waals surface area (Å²) in [6, 6.07) is 7.74. The quantitative estimate of drug-likeness (QED) is 0.617. The summed E-state index contributed by atoms with van der Waals surface area (Å²) in [6.07, 6.45) is -2.98. The van der Waals surface area contributed by atoms with Crippen molar-refractivity contribution in [2.24, 2.45) is 0 Å². The maximum Gasteiger partial charge on any atom is 0.389 e. The number of carbonyl (C=O) groups is 1. The molecular formula is C23H29F3N4O2S. The molecule has 33 heavy (non-hydrogen) atoms. The maximum absolute atomic E-state index is 12.9. The normalized spacial score (nSPS) is 18.5. The van der Waals surface area contributed by atoms with Crippen LogP contribution in [-0.2, 0) is 4.74 Å². The molecule has 0 atom stereocenters. The van der Waals surface area contributed by atoms with Crippen molar-refractivity contribution < 1.29 is 22.7 Å². The Balaban J connectivity index is 1.31. The van der Waals surface area contributed by atoms with Gasteiger partial charge < -0.3 is 19.9 Å². The van der Waals surface area contributed by atoms with Gasteiger partial charge in [0.05, 0.1) is 29.6 Å². The Bertz CT molecular complexity index is 922. The van der Waals surface area contributed by atoms with Crippen LogP contribution in [0.3, 0.4) is 0 Å². The third-order valence-electron chi connectivity index (χ3n) is 6.13. The first-order chi connectivity index (χ1) is 15.9. The Kier molecular flexibility index (Phi) is 7.87. The summed E-state index contributed by atoms with van der Waals surface area (Å²) >= 11 is 1.48. The van der Waals surface area contributed by atoms with E-state index in [0.717, 1.165) is 55.4 Å². The standard InChI is InChI=1S/C23H29F3N4O2S/c24-23(25,26)8-3-9-29-10-6-17(7-11-29)22-28-19(16-33-22)21(31)27-18-4-1-2-5-20(18)30-12-14-32-15-13-30/h1-2,4-5,16-17H,3,6-15H2,(H,27,31). The summed E-state index contributed by atoms with van der Waals surface area (Å²) in [5.74, 6) is 0.0128. The summed E-state index contributed by atoms with van der Waals surface area (Å²) in [4.78, 5) is 21.8. The molecule has 0 bridgehead atoms. The number of aromatic nitrogens is 1. The van der Waals surface area contributed by atoms with Gasteiger partial charge in [0, 0.05) is 30.8 Å². The van der Waals surface area contributed by atoms with E-state index in [1.165, 1.54) is 11.3 Å². The first-order valence-electron chi connectivity index (χ1n) is 11.4. The fourth-order valence-electron chi connectivity index (χ4n) is 4.33. The summed E-state index contributed by atoms with van der Waals surface area (Å²) in [5, 5.41) is 5.72. The smallest absolute Gasteiger partial charge is 0.378 e. The predicted octanol–water partition coefficient (Wildman–Crippen LogP) is 4.75. The number of rotatable bonds is 7. The van der Waals surface area contributed by atoms with Crippen LogP contribution in [-0.4, -0.2) is 67.9 Å². The molecule has 0 spiro atoms. The van der Waals surface area contributed by atoms with Crippen LogP contribution < -0.4 is 10.2 Å². The van der Waals surface area contributed by atoms with E-state index in [2.05, 4.69) is 20.1 Å². The number of benzene rings is 1. The number of thiazole rings is 1. The van der Waals surface area contributed by atoms with Crippen molar-refractivity contribution >= 4 is 28.6 Å². The summed E-state index contributed by atoms with van der Waals surface area (Å²) in [5.41, 5.74) is 2.13. The highest BCUT2D eigenvalue weighted by Gasteiger charge is 2.28. The van der Waals surface area contributed by atoms with Gasteiger partial charge in [-0.3, -0.25) is 4.79 Å². The molecule has 6 nitrogen and oxygen atoms in total. The van der Waals surface area contributed by atoms with Crippen LogP contribution in [0.4, 0.5) is 24.5 Å². The second kappa shape index (κ2) is 10.8. The van der Waals surface area contributed by atoms with E-state index in [1.807, 2.05) is 24.3 Å². The van der Waals surface area contributed by atoms with Crippen LogP contribution in [0, 0.1) is 0 Å². The van der Waals surface area contributed by atoms with Gasteiger partial charge in [-0.15, -0.1) is 11.3 Å². The number of hydrogen-bond acceptors (Lipinski definition) is 6. The molecule has 1 aromatic heterocycles. The largest absolute Gasteiger partial charge is 0.389 e. The van der Waals surface area contributed by atoms with Crippen LogP contribution in [0.25, 0.3) is 0 Å². The van der Waals surface area contributed by atoms with Crippen LogP contribution >= 0.6 is 11.3 Å². The average molecular weight is 483 g/mol. The molecule has 0 aliphatic carbocycles. The summed E-state index contributed by atoms with van der Waals surface area (Å²) in [7, 11) is 0. The van der Waals surface area contributed by atoms with Crippen LogP contribution in [0.15, 0.2) is 29.6 Å². The van der Waals surface area contributed by atoms with Gasteiger partial charge in [-0.05, 0) is 51.0 Å². The molecule has 2 fully saturated rings. The van der Waals surface area contributed by atoms with E-state index in [4.69, 9.17) is 4.74 Å². The SMILES string of the molecule is O=C(Nc1ccccc1N1CCOCC1)c1csc(C2CCN(CCCC(F)(F)F)CC2)n1. The molecule has 0 unspecified atom stereocenters. The Hall–Kier alpha value is -2.17. The molecule has 1 amide bonds. The monoisotopic (exact) mass is 482 g/mol. The summed E-state index contributed by atoms with van der Waals surface area (Å²) < 4.78 is 42.5. The second-order valence-electron chi connectivity index (χ2n) is 8.48. The Morgan fingerprint density at radius 2 is 1.88 bits per heavy atom. The van der Waals surface area contributed by atoms with Crippen LogP contribution in [0.2, 0.25) is 0 Å². The number of para-hydroxylation sites is 2. The van der Waals surface area contributed by atoms with Gasteiger partial charge in [-0.1, -0.05) is 12.1 Å². The molecule has 1 aromatic carbocycles. The average Bonchev–Trinajstić information content (AvgIpc) is 3.30. The van der Waals surface area contributed by atoms with Crippen molar-refractivity contribution in [1.29, 1.82) is 0 Å². The lowest BCUT2D eigenvalue weighted by molar-refractivity contribution is -0.136. The lowest BCUT2D eigenvalue weighted by Crippen LogP contribution is -2.36. The van der Waals surface area contributed by atoms with Gasteiger partial charge in [0.25, 0.3) is 5.91 Å². The molecule has 180 valence electrons. The van der Waals surface area contributed by atoms with Gasteiger partial charge in [0.15, 0.2) is 0 Å². The number of ether oxygens (including phenoxy) is 1. The molecule has 10 heteroatoms. The number of anilines is 2. The number of likely N-dealkylation sites (tertiary alicyclic amines) is 1. The minimum absolute atomic E-state index is 0.141. The van der Waals surface area contributed by atoms with E-state index >= 15 is 0 Å². The van der Waals surface area contributed by atoms with E-state index in [1.54, 1.807) is 5.38 Å². The van der Waals surface area contributed by atoms with Crippen molar-refractivity contribution in [3.05, 3.63) is 40.3 Å². The number of nitrogens with zero attached hydrogens (tertiary/aromatic N) is 3. The molecule has 2 aromatic rings. The first-order valence-corrected chi connectivity index (χ1v) is 12.2. The number of nitrogens with one attached hydrogen (secondary N) is 1. The molecular weight excluding hydrogens is 453 g/mol. The molecule has 0 saturated carbocycles. The van der Waals surface area contributed by atoms with Gasteiger partial charge in [-0.25, -0.2) is 4.98 Å². The van der Waals surface area contributed by atoms with Crippen LogP contribution in [0.1, 0.15) is 47.1 Å². The fourth-order valence-corrected chi connectivity index (χ4v) is 5.30. The van der Waals surface area contributed by atoms with Crippen molar-refractivity contribution in [3.63, 3.8) is 0 Å². The number of piperidine rings is 1. The Labute approximate surface area is 195 Å². The number of morpholine rings is 1. The molecule has 2 aliphatic rings.